The number of carbonyl (C=O) groups is 1. The van der Waals surface area contributed by atoms with E-state index in [1.165, 1.54) is 6.07 Å². The third kappa shape index (κ3) is 3.36. The van der Waals surface area contributed by atoms with Crippen LogP contribution in [0.4, 0.5) is 15.8 Å². The van der Waals surface area contributed by atoms with Gasteiger partial charge in [-0.1, -0.05) is 30.3 Å². The Balaban J connectivity index is 1.71. The smallest absolute Gasteiger partial charge is 0.163 e. The van der Waals surface area contributed by atoms with Gasteiger partial charge < -0.3 is 10.2 Å². The van der Waals surface area contributed by atoms with Crippen molar-refractivity contribution in [2.75, 3.05) is 10.2 Å². The van der Waals surface area contributed by atoms with Crippen molar-refractivity contribution >= 4 is 28.5 Å². The van der Waals surface area contributed by atoms with Crippen LogP contribution in [-0.2, 0) is 11.3 Å². The minimum atomic E-state index is -0.245. The van der Waals surface area contributed by atoms with Crippen LogP contribution in [0.15, 0.2) is 77.3 Å². The van der Waals surface area contributed by atoms with Gasteiger partial charge in [0.2, 0.25) is 0 Å². The third-order valence-corrected chi connectivity index (χ3v) is 6.52. The molecule has 146 valence electrons. The molecular weight excluding hydrogens is 383 g/mol. The van der Waals surface area contributed by atoms with Crippen molar-refractivity contribution in [2.24, 2.45) is 0 Å². The quantitative estimate of drug-likeness (QED) is 0.575. The SMILES string of the molecule is O=C1CCCC2=C1C(c1cccs1)N(Cc1cccc(F)c1)c1ccccc1N2. The summed E-state index contributed by atoms with van der Waals surface area (Å²) in [5.41, 5.74) is 4.77. The van der Waals surface area contributed by atoms with Crippen LogP contribution in [-0.4, -0.2) is 5.78 Å². The summed E-state index contributed by atoms with van der Waals surface area (Å²) in [5, 5.41) is 5.61. The second-order valence-electron chi connectivity index (χ2n) is 7.49. The maximum Gasteiger partial charge on any atom is 0.163 e. The molecule has 0 radical (unpaired) electrons. The predicted molar refractivity (Wildman–Crippen MR) is 116 cm³/mol. The lowest BCUT2D eigenvalue weighted by atomic mass is 9.88. The maximum absolute atomic E-state index is 13.9. The van der Waals surface area contributed by atoms with E-state index < -0.39 is 0 Å². The van der Waals surface area contributed by atoms with Crippen molar-refractivity contribution in [3.63, 3.8) is 0 Å². The number of ketones is 1. The number of rotatable bonds is 3. The fourth-order valence-corrected chi connectivity index (χ4v) is 5.19. The van der Waals surface area contributed by atoms with E-state index in [1.54, 1.807) is 23.5 Å². The molecule has 29 heavy (non-hydrogen) atoms. The van der Waals surface area contributed by atoms with E-state index in [1.807, 2.05) is 29.6 Å². The molecule has 0 saturated heterocycles. The minimum absolute atomic E-state index is 0.183. The molecule has 0 fully saturated rings. The largest absolute Gasteiger partial charge is 0.357 e. The Morgan fingerprint density at radius 2 is 1.97 bits per heavy atom. The van der Waals surface area contributed by atoms with Gasteiger partial charge >= 0.3 is 0 Å². The number of fused-ring (bicyclic) bond motifs is 1. The summed E-state index contributed by atoms with van der Waals surface area (Å²) in [4.78, 5) is 16.5. The van der Waals surface area contributed by atoms with E-state index in [9.17, 15) is 9.18 Å². The molecule has 1 unspecified atom stereocenters. The Kier molecular flexibility index (Phi) is 4.68. The van der Waals surface area contributed by atoms with Crippen LogP contribution in [0.5, 0.6) is 0 Å². The number of thiophene rings is 1. The molecule has 0 spiro atoms. The number of hydrogen-bond donors (Lipinski definition) is 1. The molecule has 3 aromatic rings. The molecule has 0 saturated carbocycles. The highest BCUT2D eigenvalue weighted by Crippen LogP contribution is 2.46. The Hall–Kier alpha value is -2.92. The molecule has 2 heterocycles. The van der Waals surface area contributed by atoms with Crippen LogP contribution in [0, 0.1) is 5.82 Å². The van der Waals surface area contributed by atoms with Crippen LogP contribution in [0.25, 0.3) is 0 Å². The standard InChI is InChI=1S/C24H21FN2OS/c25-17-7-3-6-16(14-17)15-27-20-10-2-1-8-18(20)26-19-9-4-11-21(28)23(19)24(27)22-12-5-13-29-22/h1-3,5-8,10,12-14,24,26H,4,9,11,15H2. The zero-order valence-corrected chi connectivity index (χ0v) is 16.7. The zero-order chi connectivity index (χ0) is 19.8. The first-order chi connectivity index (χ1) is 14.2. The van der Waals surface area contributed by atoms with Gasteiger partial charge in [-0.3, -0.25) is 4.79 Å². The summed E-state index contributed by atoms with van der Waals surface area (Å²) in [6.45, 7) is 0.517. The Bertz CT molecular complexity index is 1090. The molecule has 1 atom stereocenters. The van der Waals surface area contributed by atoms with Gasteiger partial charge in [-0.2, -0.15) is 0 Å². The molecule has 1 aliphatic carbocycles. The monoisotopic (exact) mass is 404 g/mol. The summed E-state index contributed by atoms with van der Waals surface area (Å²) in [7, 11) is 0. The fraction of sp³-hybridized carbons (Fsp3) is 0.208. The zero-order valence-electron chi connectivity index (χ0n) is 15.9. The highest BCUT2D eigenvalue weighted by atomic mass is 32.1. The van der Waals surface area contributed by atoms with Crippen molar-refractivity contribution < 1.29 is 9.18 Å². The molecule has 3 nitrogen and oxygen atoms in total. The van der Waals surface area contributed by atoms with Gasteiger partial charge in [-0.25, -0.2) is 4.39 Å². The minimum Gasteiger partial charge on any atom is -0.357 e. The van der Waals surface area contributed by atoms with Crippen LogP contribution >= 0.6 is 11.3 Å². The Labute approximate surface area is 173 Å². The first kappa shape index (κ1) is 18.1. The Morgan fingerprint density at radius 1 is 1.07 bits per heavy atom. The number of halogens is 1. The first-order valence-corrected chi connectivity index (χ1v) is 10.8. The van der Waals surface area contributed by atoms with E-state index in [0.717, 1.165) is 45.9 Å². The topological polar surface area (TPSA) is 32.3 Å². The summed E-state index contributed by atoms with van der Waals surface area (Å²) in [6, 6.07) is 18.8. The second kappa shape index (κ2) is 7.48. The summed E-state index contributed by atoms with van der Waals surface area (Å²) >= 11 is 1.66. The normalized spacial score (nSPS) is 18.7. The molecule has 5 heteroatoms. The number of carbonyl (C=O) groups excluding carboxylic acids is 1. The molecule has 0 bridgehead atoms. The number of Topliss-reactive ketones (excluding diaryl/α,β-unsaturated/α-hetero) is 1. The maximum atomic E-state index is 13.9. The van der Waals surface area contributed by atoms with Gasteiger partial charge in [0, 0.05) is 29.1 Å². The van der Waals surface area contributed by atoms with E-state index in [0.29, 0.717) is 13.0 Å². The van der Waals surface area contributed by atoms with Crippen molar-refractivity contribution in [1.82, 2.24) is 0 Å². The average molecular weight is 405 g/mol. The van der Waals surface area contributed by atoms with Crippen molar-refractivity contribution in [2.45, 2.75) is 31.8 Å². The lowest BCUT2D eigenvalue weighted by Gasteiger charge is -2.34. The molecule has 1 aromatic heterocycles. The van der Waals surface area contributed by atoms with Crippen LogP contribution in [0.2, 0.25) is 0 Å². The first-order valence-electron chi connectivity index (χ1n) is 9.87. The predicted octanol–water partition coefficient (Wildman–Crippen LogP) is 6.07. The van der Waals surface area contributed by atoms with Crippen molar-refractivity contribution in [3.05, 3.63) is 93.6 Å². The number of anilines is 2. The number of nitrogens with one attached hydrogen (secondary N) is 1. The molecule has 1 N–H and O–H groups in total. The summed E-state index contributed by atoms with van der Waals surface area (Å²) in [6.07, 6.45) is 2.31. The van der Waals surface area contributed by atoms with Gasteiger partial charge in [0.25, 0.3) is 0 Å². The van der Waals surface area contributed by atoms with Crippen molar-refractivity contribution in [3.8, 4) is 0 Å². The highest BCUT2D eigenvalue weighted by molar-refractivity contribution is 7.10. The van der Waals surface area contributed by atoms with Gasteiger partial charge in [-0.05, 0) is 54.1 Å². The summed E-state index contributed by atoms with van der Waals surface area (Å²) in [5.74, 6) is -0.0424. The Morgan fingerprint density at radius 3 is 2.79 bits per heavy atom. The fourth-order valence-electron chi connectivity index (χ4n) is 4.35. The van der Waals surface area contributed by atoms with E-state index in [4.69, 9.17) is 0 Å². The molecule has 0 amide bonds. The molecular formula is C24H21FN2OS. The average Bonchev–Trinajstić information content (AvgIpc) is 3.20. The van der Waals surface area contributed by atoms with Crippen LogP contribution < -0.4 is 10.2 Å². The lowest BCUT2D eigenvalue weighted by Crippen LogP contribution is -2.32. The van der Waals surface area contributed by atoms with E-state index in [-0.39, 0.29) is 17.6 Å². The number of allylic oxidation sites excluding steroid dienone is 1. The summed E-state index contributed by atoms with van der Waals surface area (Å²) < 4.78 is 13.9. The van der Waals surface area contributed by atoms with E-state index >= 15 is 0 Å². The number of nitrogens with zero attached hydrogens (tertiary/aromatic N) is 1. The number of hydrogen-bond acceptors (Lipinski definition) is 4. The third-order valence-electron chi connectivity index (χ3n) is 5.59. The van der Waals surface area contributed by atoms with Gasteiger partial charge in [0.05, 0.1) is 17.4 Å². The molecule has 2 aromatic carbocycles. The highest BCUT2D eigenvalue weighted by Gasteiger charge is 2.37. The molecule has 1 aliphatic heterocycles. The van der Waals surface area contributed by atoms with Crippen LogP contribution in [0.1, 0.15) is 35.7 Å². The number of benzene rings is 2. The van der Waals surface area contributed by atoms with Gasteiger partial charge in [0.15, 0.2) is 5.78 Å². The van der Waals surface area contributed by atoms with Gasteiger partial charge in [0.1, 0.15) is 5.82 Å². The van der Waals surface area contributed by atoms with Crippen molar-refractivity contribution in [1.29, 1.82) is 0 Å². The number of para-hydroxylation sites is 2. The second-order valence-corrected chi connectivity index (χ2v) is 8.47. The van der Waals surface area contributed by atoms with Crippen LogP contribution in [0.3, 0.4) is 0 Å². The van der Waals surface area contributed by atoms with E-state index in [2.05, 4.69) is 28.4 Å². The lowest BCUT2D eigenvalue weighted by molar-refractivity contribution is -0.116. The van der Waals surface area contributed by atoms with Gasteiger partial charge in [-0.15, -0.1) is 11.3 Å². The molecule has 2 aliphatic rings. The molecule has 5 rings (SSSR count).